The Kier molecular flexibility index (Phi) is 7.03. The molecule has 3 N–H and O–H groups in total. The number of rotatable bonds is 8. The molecule has 1 aliphatic rings. The zero-order valence-corrected chi connectivity index (χ0v) is 19.1. The maximum absolute atomic E-state index is 14.3. The molecule has 1 unspecified atom stereocenters. The van der Waals surface area contributed by atoms with E-state index in [1.165, 1.54) is 12.1 Å². The van der Waals surface area contributed by atoms with Crippen LogP contribution >= 0.6 is 7.75 Å². The third-order valence-corrected chi connectivity index (χ3v) is 6.95. The molecule has 3 aromatic rings. The Balaban J connectivity index is 1.73. The third kappa shape index (κ3) is 4.92. The molecule has 4 rings (SSSR count). The first-order valence-corrected chi connectivity index (χ1v) is 12.0. The number of carbonyl (C=O) groups is 1. The van der Waals surface area contributed by atoms with E-state index in [-0.39, 0.29) is 18.7 Å². The second-order valence-corrected chi connectivity index (χ2v) is 9.41. The minimum Gasteiger partial charge on any atom is -0.479 e. The Morgan fingerprint density at radius 1 is 0.861 bits per heavy atom. The van der Waals surface area contributed by atoms with Crippen molar-refractivity contribution in [3.63, 3.8) is 0 Å². The molecule has 3 aromatic carbocycles. The summed E-state index contributed by atoms with van der Waals surface area (Å²) in [6.45, 7) is 0.160. The second kappa shape index (κ2) is 9.88. The highest BCUT2D eigenvalue weighted by Crippen LogP contribution is 2.49. The number of halogens is 5. The number of hydrogen-bond donors (Lipinski definition) is 3. The Hall–Kier alpha value is -3.47. The average Bonchev–Trinajstić information content (AvgIpc) is 3.35. The van der Waals surface area contributed by atoms with Crippen LogP contribution in [0.1, 0.15) is 12.8 Å². The Morgan fingerprint density at radius 2 is 1.42 bits per heavy atom. The van der Waals surface area contributed by atoms with Gasteiger partial charge in [-0.2, -0.15) is 13.9 Å². The Bertz CT molecular complexity index is 1310. The normalized spacial score (nSPS) is 19.0. The van der Waals surface area contributed by atoms with Crippen molar-refractivity contribution < 1.29 is 45.5 Å². The van der Waals surface area contributed by atoms with Crippen molar-refractivity contribution in [1.29, 1.82) is 0 Å². The SMILES string of the molecule is O=C(O)[C@@]1(NP(=O)(Oc2ccc(-c3ccccc3)cc2)Oc2c(F)c(F)c(F)c(F)c2F)CCCN1. The molecule has 1 aliphatic heterocycles. The fraction of sp³-hybridized carbons (Fsp3) is 0.174. The summed E-state index contributed by atoms with van der Waals surface area (Å²) < 4.78 is 93.2. The molecule has 2 atom stereocenters. The van der Waals surface area contributed by atoms with Gasteiger partial charge in [-0.25, -0.2) is 22.5 Å². The van der Waals surface area contributed by atoms with Crippen LogP contribution < -0.4 is 19.5 Å². The molecule has 13 heteroatoms. The fourth-order valence-corrected chi connectivity index (χ4v) is 5.31. The molecule has 36 heavy (non-hydrogen) atoms. The summed E-state index contributed by atoms with van der Waals surface area (Å²) in [6.07, 6.45) is 0.149. The summed E-state index contributed by atoms with van der Waals surface area (Å²) in [5, 5.41) is 14.3. The van der Waals surface area contributed by atoms with Crippen LogP contribution in [0.25, 0.3) is 11.1 Å². The van der Waals surface area contributed by atoms with Crippen LogP contribution in [0, 0.1) is 29.1 Å². The molecule has 1 saturated heterocycles. The van der Waals surface area contributed by atoms with E-state index in [1.807, 2.05) is 18.2 Å². The van der Waals surface area contributed by atoms with Gasteiger partial charge in [0, 0.05) is 0 Å². The number of benzene rings is 3. The van der Waals surface area contributed by atoms with Gasteiger partial charge in [0.05, 0.1) is 0 Å². The number of nitrogens with one attached hydrogen (secondary N) is 2. The van der Waals surface area contributed by atoms with Gasteiger partial charge in [0.25, 0.3) is 0 Å². The van der Waals surface area contributed by atoms with Gasteiger partial charge in [-0.1, -0.05) is 42.5 Å². The Labute approximate surface area is 201 Å². The molecular formula is C23H18F5N2O5P. The monoisotopic (exact) mass is 528 g/mol. The summed E-state index contributed by atoms with van der Waals surface area (Å²) >= 11 is 0. The first-order valence-electron chi connectivity index (χ1n) is 10.5. The van der Waals surface area contributed by atoms with Gasteiger partial charge in [0.1, 0.15) is 5.75 Å². The Morgan fingerprint density at radius 3 is 1.94 bits per heavy atom. The summed E-state index contributed by atoms with van der Waals surface area (Å²) in [5.41, 5.74) is -0.585. The van der Waals surface area contributed by atoms with E-state index in [4.69, 9.17) is 9.05 Å². The number of hydrogen-bond acceptors (Lipinski definition) is 5. The minimum absolute atomic E-state index is 0.150. The van der Waals surface area contributed by atoms with Crippen molar-refractivity contribution in [3.05, 3.63) is 83.7 Å². The average molecular weight is 528 g/mol. The second-order valence-electron chi connectivity index (χ2n) is 7.82. The van der Waals surface area contributed by atoms with Crippen LogP contribution in [0.2, 0.25) is 0 Å². The highest BCUT2D eigenvalue weighted by molar-refractivity contribution is 7.52. The molecule has 0 aliphatic carbocycles. The molecule has 190 valence electrons. The van der Waals surface area contributed by atoms with E-state index in [9.17, 15) is 36.4 Å². The van der Waals surface area contributed by atoms with Crippen LogP contribution in [0.4, 0.5) is 22.0 Å². The van der Waals surface area contributed by atoms with Gasteiger partial charge in [-0.05, 0) is 42.6 Å². The molecule has 0 bridgehead atoms. The van der Waals surface area contributed by atoms with Crippen LogP contribution in [-0.4, -0.2) is 23.3 Å². The van der Waals surface area contributed by atoms with E-state index < -0.39 is 54.2 Å². The molecule has 1 heterocycles. The lowest BCUT2D eigenvalue weighted by atomic mass is 10.1. The van der Waals surface area contributed by atoms with E-state index in [0.717, 1.165) is 5.56 Å². The van der Waals surface area contributed by atoms with Crippen molar-refractivity contribution in [3.8, 4) is 22.6 Å². The van der Waals surface area contributed by atoms with Crippen LogP contribution in [-0.2, 0) is 9.36 Å². The van der Waals surface area contributed by atoms with Crippen molar-refractivity contribution in [2.45, 2.75) is 18.5 Å². The van der Waals surface area contributed by atoms with E-state index in [1.54, 1.807) is 24.3 Å². The lowest BCUT2D eigenvalue weighted by Crippen LogP contribution is -2.58. The van der Waals surface area contributed by atoms with Gasteiger partial charge in [-0.3, -0.25) is 5.32 Å². The summed E-state index contributed by atoms with van der Waals surface area (Å²) in [6, 6.07) is 14.8. The summed E-state index contributed by atoms with van der Waals surface area (Å²) in [7, 11) is -5.16. The van der Waals surface area contributed by atoms with Crippen molar-refractivity contribution in [1.82, 2.24) is 10.4 Å². The van der Waals surface area contributed by atoms with Gasteiger partial charge in [0.15, 0.2) is 5.66 Å². The number of aliphatic carboxylic acids is 1. The first kappa shape index (κ1) is 25.6. The van der Waals surface area contributed by atoms with Crippen molar-refractivity contribution in [2.24, 2.45) is 0 Å². The van der Waals surface area contributed by atoms with Gasteiger partial charge in [-0.15, -0.1) is 0 Å². The highest BCUT2D eigenvalue weighted by atomic mass is 31.2. The lowest BCUT2D eigenvalue weighted by Gasteiger charge is -2.30. The maximum atomic E-state index is 14.3. The quantitative estimate of drug-likeness (QED) is 0.157. The molecular weight excluding hydrogens is 510 g/mol. The van der Waals surface area contributed by atoms with Gasteiger partial charge in [0.2, 0.25) is 34.8 Å². The molecule has 0 radical (unpaired) electrons. The zero-order valence-electron chi connectivity index (χ0n) is 18.2. The molecule has 7 nitrogen and oxygen atoms in total. The largest absolute Gasteiger partial charge is 0.515 e. The zero-order chi connectivity index (χ0) is 26.1. The first-order chi connectivity index (χ1) is 17.1. The third-order valence-electron chi connectivity index (χ3n) is 5.42. The van der Waals surface area contributed by atoms with Gasteiger partial charge >= 0.3 is 13.7 Å². The molecule has 0 amide bonds. The summed E-state index contributed by atoms with van der Waals surface area (Å²) in [4.78, 5) is 11.9. The topological polar surface area (TPSA) is 96.9 Å². The van der Waals surface area contributed by atoms with E-state index in [2.05, 4.69) is 10.4 Å². The molecule has 0 saturated carbocycles. The predicted octanol–water partition coefficient (Wildman–Crippen LogP) is 5.37. The lowest BCUT2D eigenvalue weighted by molar-refractivity contribution is -0.145. The molecule has 0 aromatic heterocycles. The minimum atomic E-state index is -5.16. The fourth-order valence-electron chi connectivity index (χ4n) is 3.63. The smallest absolute Gasteiger partial charge is 0.479 e. The van der Waals surface area contributed by atoms with Gasteiger partial charge < -0.3 is 14.2 Å². The predicted molar refractivity (Wildman–Crippen MR) is 118 cm³/mol. The number of carboxylic acids is 1. The maximum Gasteiger partial charge on any atom is 0.515 e. The molecule has 1 fully saturated rings. The van der Waals surface area contributed by atoms with E-state index in [0.29, 0.717) is 12.0 Å². The standard InChI is InChI=1S/C23H18F5N2O5P/c24-16-17(25)19(27)21(20(28)18(16)26)35-36(33,30-23(22(31)32)11-4-12-29-23)34-15-9-7-14(8-10-15)13-5-2-1-3-6-13/h1-3,5-10,29H,4,11-12H2,(H,30,33)(H,31,32)/t23-,36?/m0/s1. The van der Waals surface area contributed by atoms with Crippen LogP contribution in [0.15, 0.2) is 54.6 Å². The van der Waals surface area contributed by atoms with Crippen LogP contribution in [0.3, 0.4) is 0 Å². The molecule has 0 spiro atoms. The van der Waals surface area contributed by atoms with E-state index >= 15 is 0 Å². The van der Waals surface area contributed by atoms with Crippen molar-refractivity contribution in [2.75, 3.05) is 6.54 Å². The van der Waals surface area contributed by atoms with Crippen molar-refractivity contribution >= 4 is 13.7 Å². The highest BCUT2D eigenvalue weighted by Gasteiger charge is 2.49. The summed E-state index contributed by atoms with van der Waals surface area (Å²) in [5.74, 6) is -15.6. The van der Waals surface area contributed by atoms with Crippen LogP contribution in [0.5, 0.6) is 11.5 Å². The number of carboxylic acid groups (broad SMARTS) is 1.